The molecule has 1 fully saturated rings. The van der Waals surface area contributed by atoms with E-state index in [2.05, 4.69) is 4.90 Å². The predicted octanol–water partition coefficient (Wildman–Crippen LogP) is 0.934. The van der Waals surface area contributed by atoms with Gasteiger partial charge in [-0.25, -0.2) is 0 Å². The highest BCUT2D eigenvalue weighted by atomic mass is 16.7. The van der Waals surface area contributed by atoms with Gasteiger partial charge in [0.05, 0.1) is 12.7 Å². The minimum atomic E-state index is -0.787. The van der Waals surface area contributed by atoms with E-state index in [1.165, 1.54) is 0 Å². The number of aliphatic carboxylic acids is 1. The van der Waals surface area contributed by atoms with Gasteiger partial charge in [0.2, 0.25) is 0 Å². The van der Waals surface area contributed by atoms with Crippen molar-refractivity contribution in [1.82, 2.24) is 4.90 Å². The second kappa shape index (κ2) is 5.61. The summed E-state index contributed by atoms with van der Waals surface area (Å²) in [4.78, 5) is 12.5. The molecule has 2 atom stereocenters. The van der Waals surface area contributed by atoms with Crippen LogP contribution in [0.4, 0.5) is 0 Å². The summed E-state index contributed by atoms with van der Waals surface area (Å²) in [5.41, 5.74) is 0. The third-order valence-electron chi connectivity index (χ3n) is 2.68. The molecule has 1 aliphatic rings. The summed E-state index contributed by atoms with van der Waals surface area (Å²) in [6.07, 6.45) is 1.37. The lowest BCUT2D eigenvalue weighted by Crippen LogP contribution is -2.31. The lowest BCUT2D eigenvalue weighted by molar-refractivity contribution is -0.161. The molecule has 1 N–H and O–H groups in total. The van der Waals surface area contributed by atoms with E-state index < -0.39 is 11.8 Å². The first kappa shape index (κ1) is 13.4. The van der Waals surface area contributed by atoms with E-state index in [4.69, 9.17) is 14.6 Å². The second-order valence-electron chi connectivity index (χ2n) is 4.67. The maximum Gasteiger partial charge on any atom is 0.303 e. The summed E-state index contributed by atoms with van der Waals surface area (Å²) in [6, 6.07) is 0. The van der Waals surface area contributed by atoms with Crippen molar-refractivity contribution in [1.29, 1.82) is 0 Å². The van der Waals surface area contributed by atoms with Crippen molar-refractivity contribution >= 4 is 5.97 Å². The van der Waals surface area contributed by atoms with Crippen LogP contribution in [0.5, 0.6) is 0 Å². The SMILES string of the molecule is CN(C)CCC1(C)OCC(CCC(=O)O)O1. The standard InChI is InChI=1S/C11H21NO4/c1-11(6-7-12(2)3)15-8-9(16-11)4-5-10(13)14/h9H,4-8H2,1-3H3,(H,13,14). The van der Waals surface area contributed by atoms with Gasteiger partial charge in [-0.1, -0.05) is 0 Å². The van der Waals surface area contributed by atoms with Gasteiger partial charge < -0.3 is 19.5 Å². The molecule has 1 saturated heterocycles. The van der Waals surface area contributed by atoms with Crippen LogP contribution >= 0.6 is 0 Å². The van der Waals surface area contributed by atoms with Crippen molar-refractivity contribution < 1.29 is 19.4 Å². The number of carboxylic acid groups (broad SMARTS) is 1. The van der Waals surface area contributed by atoms with Crippen molar-refractivity contribution in [2.75, 3.05) is 27.2 Å². The predicted molar refractivity (Wildman–Crippen MR) is 59.3 cm³/mol. The maximum atomic E-state index is 10.4. The number of carboxylic acids is 1. The zero-order valence-corrected chi connectivity index (χ0v) is 10.2. The van der Waals surface area contributed by atoms with Crippen LogP contribution in [0.1, 0.15) is 26.2 Å². The summed E-state index contributed by atoms with van der Waals surface area (Å²) in [6.45, 7) is 3.30. The van der Waals surface area contributed by atoms with Crippen LogP contribution in [0, 0.1) is 0 Å². The molecule has 94 valence electrons. The highest BCUT2D eigenvalue weighted by Crippen LogP contribution is 2.28. The van der Waals surface area contributed by atoms with Gasteiger partial charge in [0.1, 0.15) is 0 Å². The average molecular weight is 231 g/mol. The highest BCUT2D eigenvalue weighted by Gasteiger charge is 2.36. The summed E-state index contributed by atoms with van der Waals surface area (Å²) in [5, 5.41) is 8.58. The molecule has 0 radical (unpaired) electrons. The van der Waals surface area contributed by atoms with E-state index in [-0.39, 0.29) is 12.5 Å². The fraction of sp³-hybridized carbons (Fsp3) is 0.909. The molecule has 0 saturated carbocycles. The Kier molecular flexibility index (Phi) is 4.70. The molecule has 0 amide bonds. The minimum absolute atomic E-state index is 0.0803. The van der Waals surface area contributed by atoms with E-state index in [1.807, 2.05) is 21.0 Å². The Balaban J connectivity index is 2.29. The molecule has 0 spiro atoms. The molecule has 2 unspecified atom stereocenters. The van der Waals surface area contributed by atoms with E-state index in [1.54, 1.807) is 0 Å². The Bertz CT molecular complexity index is 244. The van der Waals surface area contributed by atoms with Crippen LogP contribution in [-0.4, -0.2) is 55.1 Å². The summed E-state index contributed by atoms with van der Waals surface area (Å²) >= 11 is 0. The van der Waals surface area contributed by atoms with Gasteiger partial charge in [0.15, 0.2) is 5.79 Å². The quantitative estimate of drug-likeness (QED) is 0.737. The topological polar surface area (TPSA) is 59.0 Å². The first-order chi connectivity index (χ1) is 7.41. The third kappa shape index (κ3) is 4.47. The van der Waals surface area contributed by atoms with Crippen LogP contribution in [-0.2, 0) is 14.3 Å². The summed E-state index contributed by atoms with van der Waals surface area (Å²) < 4.78 is 11.3. The number of carbonyl (C=O) groups is 1. The van der Waals surface area contributed by atoms with Gasteiger partial charge in [-0.2, -0.15) is 0 Å². The van der Waals surface area contributed by atoms with Crippen molar-refractivity contribution in [2.45, 2.75) is 38.1 Å². The van der Waals surface area contributed by atoms with Crippen LogP contribution in [0.3, 0.4) is 0 Å². The van der Waals surface area contributed by atoms with Gasteiger partial charge in [-0.05, 0) is 27.4 Å². The number of rotatable bonds is 6. The monoisotopic (exact) mass is 231 g/mol. The molecule has 0 aromatic carbocycles. The number of ether oxygens (including phenoxy) is 2. The second-order valence-corrected chi connectivity index (χ2v) is 4.67. The van der Waals surface area contributed by atoms with Gasteiger partial charge in [0.25, 0.3) is 0 Å². The van der Waals surface area contributed by atoms with Crippen LogP contribution in [0.25, 0.3) is 0 Å². The van der Waals surface area contributed by atoms with Crippen molar-refractivity contribution in [3.05, 3.63) is 0 Å². The molecule has 5 heteroatoms. The summed E-state index contributed by atoms with van der Waals surface area (Å²) in [7, 11) is 4.00. The molecule has 16 heavy (non-hydrogen) atoms. The van der Waals surface area contributed by atoms with E-state index in [0.29, 0.717) is 13.0 Å². The zero-order chi connectivity index (χ0) is 12.2. The first-order valence-corrected chi connectivity index (χ1v) is 5.59. The van der Waals surface area contributed by atoms with Crippen LogP contribution < -0.4 is 0 Å². The fourth-order valence-electron chi connectivity index (χ4n) is 1.67. The zero-order valence-electron chi connectivity index (χ0n) is 10.2. The smallest absolute Gasteiger partial charge is 0.303 e. The first-order valence-electron chi connectivity index (χ1n) is 5.59. The average Bonchev–Trinajstić information content (AvgIpc) is 2.55. The number of hydrogen-bond acceptors (Lipinski definition) is 4. The lowest BCUT2D eigenvalue weighted by atomic mass is 10.2. The summed E-state index contributed by atoms with van der Waals surface area (Å²) in [5.74, 6) is -1.33. The Labute approximate surface area is 96.3 Å². The molecule has 0 aromatic rings. The van der Waals surface area contributed by atoms with Gasteiger partial charge in [-0.15, -0.1) is 0 Å². The van der Waals surface area contributed by atoms with Gasteiger partial charge in [-0.3, -0.25) is 4.79 Å². The third-order valence-corrected chi connectivity index (χ3v) is 2.68. The van der Waals surface area contributed by atoms with Gasteiger partial charge in [0, 0.05) is 19.4 Å². The van der Waals surface area contributed by atoms with Crippen molar-refractivity contribution in [3.63, 3.8) is 0 Å². The van der Waals surface area contributed by atoms with E-state index in [9.17, 15) is 4.79 Å². The Morgan fingerprint density at radius 1 is 1.56 bits per heavy atom. The fourth-order valence-corrected chi connectivity index (χ4v) is 1.67. The molecular formula is C11H21NO4. The normalized spacial score (nSPS) is 29.9. The Hall–Kier alpha value is -0.650. The molecule has 1 rings (SSSR count). The number of nitrogens with zero attached hydrogens (tertiary/aromatic N) is 1. The lowest BCUT2D eigenvalue weighted by Gasteiger charge is -2.24. The Morgan fingerprint density at radius 2 is 2.25 bits per heavy atom. The van der Waals surface area contributed by atoms with E-state index >= 15 is 0 Å². The number of hydrogen-bond donors (Lipinski definition) is 1. The molecule has 5 nitrogen and oxygen atoms in total. The molecular weight excluding hydrogens is 210 g/mol. The minimum Gasteiger partial charge on any atom is -0.481 e. The highest BCUT2D eigenvalue weighted by molar-refractivity contribution is 5.66. The maximum absolute atomic E-state index is 10.4. The van der Waals surface area contributed by atoms with E-state index in [0.717, 1.165) is 13.0 Å². The van der Waals surface area contributed by atoms with Crippen molar-refractivity contribution in [3.8, 4) is 0 Å². The van der Waals surface area contributed by atoms with Crippen molar-refractivity contribution in [2.24, 2.45) is 0 Å². The molecule has 0 aromatic heterocycles. The van der Waals surface area contributed by atoms with Crippen LogP contribution in [0.2, 0.25) is 0 Å². The van der Waals surface area contributed by atoms with Gasteiger partial charge >= 0.3 is 5.97 Å². The van der Waals surface area contributed by atoms with Crippen LogP contribution in [0.15, 0.2) is 0 Å². The molecule has 1 aliphatic heterocycles. The molecule has 1 heterocycles. The molecule has 0 aliphatic carbocycles. The Morgan fingerprint density at radius 3 is 2.81 bits per heavy atom. The largest absolute Gasteiger partial charge is 0.481 e. The molecule has 0 bridgehead atoms.